The van der Waals surface area contributed by atoms with Gasteiger partial charge in [-0.25, -0.2) is 4.79 Å². The fourth-order valence-corrected chi connectivity index (χ4v) is 6.30. The molecule has 0 aliphatic carbocycles. The van der Waals surface area contributed by atoms with Crippen LogP contribution < -0.4 is 9.64 Å². The molecule has 0 N–H and O–H groups in total. The molecule has 2 heterocycles. The van der Waals surface area contributed by atoms with Crippen LogP contribution in [0.25, 0.3) is 0 Å². The van der Waals surface area contributed by atoms with Crippen LogP contribution in [0.4, 0.5) is 5.69 Å². The average molecular weight is 482 g/mol. The summed E-state index contributed by atoms with van der Waals surface area (Å²) in [6.45, 7) is 2.25. The number of thioether (sulfide) groups is 1. The molecule has 0 saturated heterocycles. The lowest BCUT2D eigenvalue weighted by atomic mass is 9.94. The Morgan fingerprint density at radius 2 is 1.68 bits per heavy atom. The summed E-state index contributed by atoms with van der Waals surface area (Å²) in [7, 11) is 3.10. The zero-order valence-corrected chi connectivity index (χ0v) is 21.2. The first-order valence-corrected chi connectivity index (χ1v) is 13.2. The van der Waals surface area contributed by atoms with Gasteiger partial charge >= 0.3 is 5.97 Å². The highest BCUT2D eigenvalue weighted by atomic mass is 32.2. The number of anilines is 1. The monoisotopic (exact) mass is 481 g/mol. The second kappa shape index (κ2) is 11.7. The van der Waals surface area contributed by atoms with Gasteiger partial charge in [-0.15, -0.1) is 0 Å². The van der Waals surface area contributed by atoms with Gasteiger partial charge in [0.05, 0.1) is 30.4 Å². The molecule has 2 aliphatic rings. The van der Waals surface area contributed by atoms with Crippen LogP contribution in [-0.2, 0) is 14.3 Å². The number of unbranched alkanes of at least 4 members (excludes halogenated alkanes) is 5. The molecule has 182 valence electrons. The molecule has 4 rings (SSSR count). The van der Waals surface area contributed by atoms with Gasteiger partial charge < -0.3 is 14.2 Å². The minimum Gasteiger partial charge on any atom is -0.497 e. The van der Waals surface area contributed by atoms with Crippen molar-refractivity contribution in [3.8, 4) is 5.75 Å². The van der Waals surface area contributed by atoms with E-state index >= 15 is 0 Å². The van der Waals surface area contributed by atoms with Crippen LogP contribution in [0.2, 0.25) is 0 Å². The molecule has 0 radical (unpaired) electrons. The second-order valence-corrected chi connectivity index (χ2v) is 10.0. The van der Waals surface area contributed by atoms with E-state index in [1.165, 1.54) is 45.6 Å². The quantitative estimate of drug-likeness (QED) is 0.258. The lowest BCUT2D eigenvalue weighted by Gasteiger charge is -2.31. The van der Waals surface area contributed by atoms with E-state index < -0.39 is 6.10 Å². The van der Waals surface area contributed by atoms with Gasteiger partial charge in [0.25, 0.3) is 0 Å². The summed E-state index contributed by atoms with van der Waals surface area (Å²) in [5.41, 5.74) is 2.12. The van der Waals surface area contributed by atoms with Crippen LogP contribution in [0.15, 0.2) is 65.4 Å². The summed E-state index contributed by atoms with van der Waals surface area (Å²) >= 11 is 1.84. The van der Waals surface area contributed by atoms with Gasteiger partial charge in [-0.2, -0.15) is 0 Å². The molecule has 2 aromatic carbocycles. The molecule has 0 spiro atoms. The highest BCUT2D eigenvalue weighted by Gasteiger charge is 2.50. The van der Waals surface area contributed by atoms with Crippen LogP contribution in [0.3, 0.4) is 0 Å². The molecule has 0 amide bonds. The summed E-state index contributed by atoms with van der Waals surface area (Å²) in [6, 6.07) is 18.2. The third-order valence-electron chi connectivity index (χ3n) is 6.55. The molecule has 0 saturated carbocycles. The van der Waals surface area contributed by atoms with E-state index in [1.54, 1.807) is 7.11 Å². The first kappa shape index (κ1) is 24.5. The van der Waals surface area contributed by atoms with Gasteiger partial charge in [0.2, 0.25) is 12.0 Å². The Hall–Kier alpha value is -2.60. The van der Waals surface area contributed by atoms with E-state index in [-0.39, 0.29) is 17.3 Å². The van der Waals surface area contributed by atoms with Gasteiger partial charge in [-0.1, -0.05) is 87.5 Å². The Morgan fingerprint density at radius 1 is 0.971 bits per heavy atom. The molecule has 0 bridgehead atoms. The zero-order chi connectivity index (χ0) is 23.9. The van der Waals surface area contributed by atoms with E-state index in [1.807, 2.05) is 42.1 Å². The minimum absolute atomic E-state index is 0.163. The number of esters is 1. The summed E-state index contributed by atoms with van der Waals surface area (Å²) in [4.78, 5) is 16.1. The largest absolute Gasteiger partial charge is 0.497 e. The van der Waals surface area contributed by atoms with E-state index in [0.29, 0.717) is 0 Å². The van der Waals surface area contributed by atoms with Gasteiger partial charge in [-0.05, 0) is 36.2 Å². The Bertz CT molecular complexity index is 976. The molecule has 2 aromatic rings. The van der Waals surface area contributed by atoms with Crippen LogP contribution in [0.1, 0.15) is 63.4 Å². The van der Waals surface area contributed by atoms with Crippen LogP contribution in [-0.4, -0.2) is 31.7 Å². The molecule has 3 unspecified atom stereocenters. The molecule has 6 heteroatoms. The van der Waals surface area contributed by atoms with Crippen molar-refractivity contribution in [2.24, 2.45) is 0 Å². The van der Waals surface area contributed by atoms with Gasteiger partial charge in [0.15, 0.2) is 0 Å². The molecule has 3 atom stereocenters. The number of hydrogen-bond donors (Lipinski definition) is 0. The summed E-state index contributed by atoms with van der Waals surface area (Å²) in [5.74, 6) is 1.10. The molecular weight excluding hydrogens is 446 g/mol. The van der Waals surface area contributed by atoms with Gasteiger partial charge in [-0.3, -0.25) is 4.90 Å². The number of ether oxygens (including phenoxy) is 3. The highest BCUT2D eigenvalue weighted by molar-refractivity contribution is 8.04. The van der Waals surface area contributed by atoms with Crippen molar-refractivity contribution in [3.63, 3.8) is 0 Å². The van der Waals surface area contributed by atoms with Crippen molar-refractivity contribution in [2.45, 2.75) is 69.3 Å². The number of methoxy groups -OCH3 is 2. The smallest absolute Gasteiger partial charge is 0.348 e. The molecule has 0 aromatic heterocycles. The normalized spacial score (nSPS) is 21.4. The maximum Gasteiger partial charge on any atom is 0.348 e. The zero-order valence-electron chi connectivity index (χ0n) is 20.4. The van der Waals surface area contributed by atoms with Crippen molar-refractivity contribution in [1.82, 2.24) is 0 Å². The fourth-order valence-electron chi connectivity index (χ4n) is 4.75. The van der Waals surface area contributed by atoms with E-state index in [2.05, 4.69) is 36.1 Å². The van der Waals surface area contributed by atoms with E-state index in [4.69, 9.17) is 14.2 Å². The Labute approximate surface area is 207 Å². The number of rotatable bonds is 11. The summed E-state index contributed by atoms with van der Waals surface area (Å²) < 4.78 is 16.9. The Balaban J connectivity index is 1.61. The number of hydrogen-bond acceptors (Lipinski definition) is 6. The third kappa shape index (κ3) is 5.22. The van der Waals surface area contributed by atoms with Crippen LogP contribution in [0, 0.1) is 0 Å². The van der Waals surface area contributed by atoms with Crippen molar-refractivity contribution in [1.29, 1.82) is 0 Å². The second-order valence-electron chi connectivity index (χ2n) is 8.82. The number of carbonyl (C=O) groups is 1. The predicted molar refractivity (Wildman–Crippen MR) is 138 cm³/mol. The highest BCUT2D eigenvalue weighted by Crippen LogP contribution is 2.55. The molecule has 2 aliphatic heterocycles. The maximum atomic E-state index is 12.7. The Morgan fingerprint density at radius 3 is 2.35 bits per heavy atom. The van der Waals surface area contributed by atoms with E-state index in [0.717, 1.165) is 34.2 Å². The maximum absolute atomic E-state index is 12.7. The first-order chi connectivity index (χ1) is 16.7. The third-order valence-corrected chi connectivity index (χ3v) is 7.95. The number of carbonyl (C=O) groups excluding carboxylic acids is 1. The predicted octanol–water partition coefficient (Wildman–Crippen LogP) is 6.85. The molecule has 0 fully saturated rings. The van der Waals surface area contributed by atoms with Crippen molar-refractivity contribution in [3.05, 3.63) is 70.9 Å². The minimum atomic E-state index is -0.680. The molecular formula is C28H35NO4S. The lowest BCUT2D eigenvalue weighted by Crippen LogP contribution is -2.34. The van der Waals surface area contributed by atoms with E-state index in [9.17, 15) is 4.79 Å². The summed E-state index contributed by atoms with van der Waals surface area (Å²) in [6.07, 6.45) is 7.97. The van der Waals surface area contributed by atoms with Crippen LogP contribution in [0.5, 0.6) is 5.75 Å². The lowest BCUT2D eigenvalue weighted by molar-refractivity contribution is -0.151. The van der Waals surface area contributed by atoms with Crippen molar-refractivity contribution >= 4 is 23.4 Å². The first-order valence-electron chi connectivity index (χ1n) is 12.3. The summed E-state index contributed by atoms with van der Waals surface area (Å²) in [5, 5.41) is 0.231. The van der Waals surface area contributed by atoms with Crippen molar-refractivity contribution in [2.75, 3.05) is 19.1 Å². The topological polar surface area (TPSA) is 48.0 Å². The number of nitrogens with zero attached hydrogens (tertiary/aromatic N) is 1. The SMILES string of the molecule is CCCCCCCCC1SC2=C(OC(C(=O)OC)C2c2ccccc2)N1c1ccc(OC)cc1. The molecule has 34 heavy (non-hydrogen) atoms. The van der Waals surface area contributed by atoms with Crippen molar-refractivity contribution < 1.29 is 19.0 Å². The Kier molecular flexibility index (Phi) is 8.44. The van der Waals surface area contributed by atoms with Gasteiger partial charge in [0.1, 0.15) is 5.75 Å². The fraction of sp³-hybridized carbons (Fsp3) is 0.464. The van der Waals surface area contributed by atoms with Gasteiger partial charge in [0, 0.05) is 5.69 Å². The molecule has 5 nitrogen and oxygen atoms in total. The average Bonchev–Trinajstić information content (AvgIpc) is 3.42. The standard InChI is InChI=1S/C28H35NO4S/c1-4-5-6-7-8-12-15-23-29(21-16-18-22(31-2)19-17-21)27-26(34-23)24(20-13-10-9-11-14-20)25(33-27)28(30)32-3/h9-11,13-14,16-19,23-25H,4-8,12,15H2,1-3H3. The number of benzene rings is 2. The van der Waals surface area contributed by atoms with Crippen LogP contribution >= 0.6 is 11.8 Å².